The third kappa shape index (κ3) is 7.29. The first-order valence-corrected chi connectivity index (χ1v) is 7.35. The SMILES string of the molecule is CCOCC.O=C=Nc1ccc(Oc2ccc(N=C=O)cc2)cc1. The van der Waals surface area contributed by atoms with E-state index >= 15 is 0 Å². The van der Waals surface area contributed by atoms with Gasteiger partial charge in [-0.05, 0) is 62.4 Å². The zero-order valence-corrected chi connectivity index (χ0v) is 13.6. The van der Waals surface area contributed by atoms with E-state index in [2.05, 4.69) is 9.98 Å². The Hall–Kier alpha value is -3.04. The highest BCUT2D eigenvalue weighted by Crippen LogP contribution is 2.25. The second-order valence-corrected chi connectivity index (χ2v) is 4.28. The molecule has 2 aromatic carbocycles. The van der Waals surface area contributed by atoms with Crippen molar-refractivity contribution in [2.45, 2.75) is 13.8 Å². The molecule has 0 fully saturated rings. The maximum Gasteiger partial charge on any atom is 0.240 e. The summed E-state index contributed by atoms with van der Waals surface area (Å²) >= 11 is 0. The van der Waals surface area contributed by atoms with Crippen LogP contribution in [0.5, 0.6) is 11.5 Å². The van der Waals surface area contributed by atoms with E-state index in [0.29, 0.717) is 22.9 Å². The summed E-state index contributed by atoms with van der Waals surface area (Å²) in [7, 11) is 0. The second-order valence-electron chi connectivity index (χ2n) is 4.28. The van der Waals surface area contributed by atoms with Gasteiger partial charge in [-0.2, -0.15) is 9.98 Å². The molecule has 0 bridgehead atoms. The molecule has 6 nitrogen and oxygen atoms in total. The van der Waals surface area contributed by atoms with Crippen LogP contribution < -0.4 is 4.74 Å². The quantitative estimate of drug-likeness (QED) is 0.580. The maximum absolute atomic E-state index is 10.1. The molecule has 0 aliphatic carbocycles. The van der Waals surface area contributed by atoms with Crippen LogP contribution in [0, 0.1) is 0 Å². The molecule has 2 rings (SSSR count). The Bertz CT molecular complexity index is 637. The van der Waals surface area contributed by atoms with E-state index in [1.54, 1.807) is 48.5 Å². The molecule has 0 atom stereocenters. The van der Waals surface area contributed by atoms with Crippen LogP contribution in [0.4, 0.5) is 11.4 Å². The fourth-order valence-electron chi connectivity index (χ4n) is 1.62. The van der Waals surface area contributed by atoms with E-state index < -0.39 is 0 Å². The first-order chi connectivity index (χ1) is 11.7. The fraction of sp³-hybridized carbons (Fsp3) is 0.222. The number of nitrogens with zero attached hydrogens (tertiary/aromatic N) is 2. The summed E-state index contributed by atoms with van der Waals surface area (Å²) in [5, 5.41) is 0. The van der Waals surface area contributed by atoms with E-state index in [4.69, 9.17) is 9.47 Å². The summed E-state index contributed by atoms with van der Waals surface area (Å²) < 4.78 is 10.4. The third-order valence-electron chi connectivity index (χ3n) is 2.67. The lowest BCUT2D eigenvalue weighted by molar-refractivity contribution is 0.162. The first-order valence-electron chi connectivity index (χ1n) is 7.35. The molecule has 0 aliphatic rings. The Morgan fingerprint density at radius 3 is 1.38 bits per heavy atom. The van der Waals surface area contributed by atoms with Crippen LogP contribution in [0.2, 0.25) is 0 Å². The molecule has 0 unspecified atom stereocenters. The van der Waals surface area contributed by atoms with Crippen LogP contribution in [0.3, 0.4) is 0 Å². The highest BCUT2D eigenvalue weighted by atomic mass is 16.5. The van der Waals surface area contributed by atoms with Gasteiger partial charge in [0.25, 0.3) is 0 Å². The minimum absolute atomic E-state index is 0.512. The Kier molecular flexibility index (Phi) is 9.12. The van der Waals surface area contributed by atoms with E-state index in [0.717, 1.165) is 13.2 Å². The first kappa shape index (κ1) is 19.0. The average molecular weight is 326 g/mol. The normalized spacial score (nSPS) is 8.92. The van der Waals surface area contributed by atoms with E-state index in [-0.39, 0.29) is 0 Å². The molecular formula is C18H18N2O4. The van der Waals surface area contributed by atoms with Gasteiger partial charge in [0.2, 0.25) is 12.2 Å². The fourth-order valence-corrected chi connectivity index (χ4v) is 1.62. The van der Waals surface area contributed by atoms with Crippen LogP contribution in [0.25, 0.3) is 0 Å². The minimum Gasteiger partial charge on any atom is -0.457 e. The molecule has 0 aliphatic heterocycles. The Morgan fingerprint density at radius 1 is 0.750 bits per heavy atom. The number of hydrogen-bond donors (Lipinski definition) is 0. The van der Waals surface area contributed by atoms with Gasteiger partial charge in [-0.1, -0.05) is 0 Å². The van der Waals surface area contributed by atoms with Crippen molar-refractivity contribution in [1.29, 1.82) is 0 Å². The van der Waals surface area contributed by atoms with E-state index in [1.807, 2.05) is 13.8 Å². The summed E-state index contributed by atoms with van der Waals surface area (Å²) in [6, 6.07) is 13.3. The standard InChI is InChI=1S/C14H8N2O3.C4H10O/c17-9-15-11-1-5-13(6-2-11)19-14-7-3-12(4-8-14)16-10-18;1-3-5-4-2/h1-8H;3-4H2,1-2H3. The Labute approximate surface area is 140 Å². The predicted molar refractivity (Wildman–Crippen MR) is 90.7 cm³/mol. The van der Waals surface area contributed by atoms with Crippen LogP contribution >= 0.6 is 0 Å². The number of carbonyl (C=O) groups excluding carboxylic acids is 2. The largest absolute Gasteiger partial charge is 0.457 e. The molecule has 0 heterocycles. The van der Waals surface area contributed by atoms with Crippen molar-refractivity contribution in [2.75, 3.05) is 13.2 Å². The van der Waals surface area contributed by atoms with Gasteiger partial charge in [0.15, 0.2) is 0 Å². The summed E-state index contributed by atoms with van der Waals surface area (Å²) in [6.45, 7) is 5.67. The molecular weight excluding hydrogens is 308 g/mol. The molecule has 0 amide bonds. The van der Waals surface area contributed by atoms with Gasteiger partial charge in [-0.15, -0.1) is 0 Å². The maximum atomic E-state index is 10.1. The number of rotatable bonds is 6. The summed E-state index contributed by atoms with van der Waals surface area (Å²) in [5.74, 6) is 1.22. The van der Waals surface area contributed by atoms with Gasteiger partial charge in [0.1, 0.15) is 11.5 Å². The van der Waals surface area contributed by atoms with Crippen molar-refractivity contribution < 1.29 is 19.1 Å². The van der Waals surface area contributed by atoms with Gasteiger partial charge < -0.3 is 9.47 Å². The Balaban J connectivity index is 0.000000505. The van der Waals surface area contributed by atoms with E-state index in [1.165, 1.54) is 12.2 Å². The molecule has 0 saturated heterocycles. The molecule has 0 N–H and O–H groups in total. The molecule has 124 valence electrons. The third-order valence-corrected chi connectivity index (χ3v) is 2.67. The molecule has 0 spiro atoms. The lowest BCUT2D eigenvalue weighted by Crippen LogP contribution is -1.84. The van der Waals surface area contributed by atoms with Gasteiger partial charge in [-0.25, -0.2) is 9.59 Å². The smallest absolute Gasteiger partial charge is 0.240 e. The monoisotopic (exact) mass is 326 g/mol. The molecule has 0 saturated carbocycles. The topological polar surface area (TPSA) is 77.3 Å². The Morgan fingerprint density at radius 2 is 1.12 bits per heavy atom. The van der Waals surface area contributed by atoms with Gasteiger partial charge in [-0.3, -0.25) is 0 Å². The molecule has 2 aromatic rings. The van der Waals surface area contributed by atoms with Crippen molar-refractivity contribution >= 4 is 23.5 Å². The molecule has 0 radical (unpaired) electrons. The van der Waals surface area contributed by atoms with Crippen molar-refractivity contribution in [1.82, 2.24) is 0 Å². The van der Waals surface area contributed by atoms with Crippen molar-refractivity contribution in [3.8, 4) is 11.5 Å². The number of isocyanates is 2. The van der Waals surface area contributed by atoms with Crippen LogP contribution in [0.15, 0.2) is 58.5 Å². The highest BCUT2D eigenvalue weighted by Gasteiger charge is 1.98. The van der Waals surface area contributed by atoms with E-state index in [9.17, 15) is 9.59 Å². The predicted octanol–water partition coefficient (Wildman–Crippen LogP) is 4.46. The van der Waals surface area contributed by atoms with Gasteiger partial charge >= 0.3 is 0 Å². The van der Waals surface area contributed by atoms with Crippen LogP contribution in [-0.2, 0) is 14.3 Å². The number of aliphatic imine (C=N–C) groups is 2. The van der Waals surface area contributed by atoms with Crippen LogP contribution in [-0.4, -0.2) is 25.4 Å². The molecule has 6 heteroatoms. The van der Waals surface area contributed by atoms with Crippen molar-refractivity contribution in [2.24, 2.45) is 9.98 Å². The zero-order chi connectivity index (χ0) is 17.6. The number of ether oxygens (including phenoxy) is 2. The number of benzene rings is 2. The molecule has 0 aromatic heterocycles. The minimum atomic E-state index is 0.512. The number of hydrogen-bond acceptors (Lipinski definition) is 6. The van der Waals surface area contributed by atoms with Crippen LogP contribution in [0.1, 0.15) is 13.8 Å². The van der Waals surface area contributed by atoms with Gasteiger partial charge in [0.05, 0.1) is 11.4 Å². The highest BCUT2D eigenvalue weighted by molar-refractivity contribution is 5.52. The summed E-state index contributed by atoms with van der Waals surface area (Å²) in [5.41, 5.74) is 1.02. The lowest BCUT2D eigenvalue weighted by atomic mass is 10.3. The van der Waals surface area contributed by atoms with Crippen molar-refractivity contribution in [3.05, 3.63) is 48.5 Å². The zero-order valence-electron chi connectivity index (χ0n) is 13.6. The lowest BCUT2D eigenvalue weighted by Gasteiger charge is -2.05. The molecule has 24 heavy (non-hydrogen) atoms. The summed E-state index contributed by atoms with van der Waals surface area (Å²) in [6.07, 6.45) is 2.93. The second kappa shape index (κ2) is 11.5. The van der Waals surface area contributed by atoms with Crippen molar-refractivity contribution in [3.63, 3.8) is 0 Å². The summed E-state index contributed by atoms with van der Waals surface area (Å²) in [4.78, 5) is 27.1. The average Bonchev–Trinajstić information content (AvgIpc) is 2.60. The van der Waals surface area contributed by atoms with Gasteiger partial charge in [0, 0.05) is 13.2 Å².